The molecule has 2 nitrogen and oxygen atoms in total. The zero-order valence-corrected chi connectivity index (χ0v) is 12.4. The van der Waals surface area contributed by atoms with Crippen molar-refractivity contribution in [2.24, 2.45) is 7.05 Å². The molecule has 1 fully saturated rings. The maximum absolute atomic E-state index is 2.59. The van der Waals surface area contributed by atoms with E-state index in [0.717, 1.165) is 6.54 Å². The Morgan fingerprint density at radius 1 is 1.15 bits per heavy atom. The third-order valence-corrected chi connectivity index (χ3v) is 5.40. The summed E-state index contributed by atoms with van der Waals surface area (Å²) in [6.07, 6.45) is 2.17. The molecule has 3 heterocycles. The first-order chi connectivity index (χ1) is 9.63. The minimum Gasteiger partial charge on any atom is -0.367 e. The van der Waals surface area contributed by atoms with E-state index in [9.17, 15) is 0 Å². The van der Waals surface area contributed by atoms with Crippen LogP contribution in [0.15, 0.2) is 48.7 Å². The number of pyridine rings is 1. The van der Waals surface area contributed by atoms with Gasteiger partial charge < -0.3 is 4.90 Å². The number of aromatic nitrogens is 1. The number of para-hydroxylation sites is 1. The van der Waals surface area contributed by atoms with E-state index in [1.54, 1.807) is 0 Å². The van der Waals surface area contributed by atoms with Gasteiger partial charge in [-0.15, -0.1) is 0 Å². The van der Waals surface area contributed by atoms with Gasteiger partial charge in [0.15, 0.2) is 11.9 Å². The van der Waals surface area contributed by atoms with Crippen molar-refractivity contribution in [3.05, 3.63) is 59.9 Å². The molecule has 0 aliphatic carbocycles. The van der Waals surface area contributed by atoms with Crippen LogP contribution in [0.4, 0.5) is 5.69 Å². The van der Waals surface area contributed by atoms with Crippen molar-refractivity contribution in [3.63, 3.8) is 0 Å². The Morgan fingerprint density at radius 2 is 1.90 bits per heavy atom. The summed E-state index contributed by atoms with van der Waals surface area (Å²) >= 11 is 0. The van der Waals surface area contributed by atoms with Gasteiger partial charge in [-0.1, -0.05) is 31.2 Å². The molecule has 2 heteroatoms. The van der Waals surface area contributed by atoms with Crippen molar-refractivity contribution in [3.8, 4) is 0 Å². The molecule has 1 aromatic carbocycles. The molecule has 1 saturated heterocycles. The number of nitrogens with zero attached hydrogens (tertiary/aromatic N) is 2. The first-order valence-corrected chi connectivity index (χ1v) is 7.43. The Hall–Kier alpha value is -1.83. The number of rotatable bonds is 1. The summed E-state index contributed by atoms with van der Waals surface area (Å²) in [6.45, 7) is 5.96. The van der Waals surface area contributed by atoms with Crippen molar-refractivity contribution in [1.29, 1.82) is 0 Å². The Bertz CT molecular complexity index is 679. The van der Waals surface area contributed by atoms with Crippen molar-refractivity contribution in [2.75, 3.05) is 11.4 Å². The number of aryl methyl sites for hydroxylation is 1. The van der Waals surface area contributed by atoms with Crippen LogP contribution in [-0.4, -0.2) is 12.6 Å². The molecule has 3 unspecified atom stereocenters. The molecule has 1 aromatic heterocycles. The van der Waals surface area contributed by atoms with Gasteiger partial charge in [0.25, 0.3) is 0 Å². The lowest BCUT2D eigenvalue weighted by atomic mass is 9.69. The van der Waals surface area contributed by atoms with Gasteiger partial charge in [0.05, 0.1) is 5.92 Å². The summed E-state index contributed by atoms with van der Waals surface area (Å²) in [5.41, 5.74) is 4.64. The molecule has 0 amide bonds. The van der Waals surface area contributed by atoms with Crippen LogP contribution in [0.5, 0.6) is 0 Å². The number of anilines is 1. The lowest BCUT2D eigenvalue weighted by Crippen LogP contribution is -2.43. The normalized spacial score (nSPS) is 30.6. The monoisotopic (exact) mass is 265 g/mol. The van der Waals surface area contributed by atoms with Gasteiger partial charge in [-0.05, 0) is 18.6 Å². The predicted octanol–water partition coefficient (Wildman–Crippen LogP) is 2.77. The minimum atomic E-state index is 0.231. The molecule has 2 aliphatic heterocycles. The Kier molecular flexibility index (Phi) is 2.30. The van der Waals surface area contributed by atoms with E-state index in [2.05, 4.69) is 79.0 Å². The Morgan fingerprint density at radius 3 is 2.70 bits per heavy atom. The number of hydrogen-bond acceptors (Lipinski definition) is 1. The second-order valence-electron chi connectivity index (χ2n) is 6.52. The fourth-order valence-electron chi connectivity index (χ4n) is 4.51. The van der Waals surface area contributed by atoms with Crippen LogP contribution >= 0.6 is 0 Å². The van der Waals surface area contributed by atoms with Crippen LogP contribution in [0.3, 0.4) is 0 Å². The summed E-state index contributed by atoms with van der Waals surface area (Å²) in [5.74, 6) is 0.559. The molecule has 2 aromatic rings. The third kappa shape index (κ3) is 1.32. The summed E-state index contributed by atoms with van der Waals surface area (Å²) in [7, 11) is 2.17. The number of hydrogen-bond donors (Lipinski definition) is 0. The quantitative estimate of drug-likeness (QED) is 0.719. The fourth-order valence-corrected chi connectivity index (χ4v) is 4.51. The molecule has 2 bridgehead atoms. The molecule has 0 saturated carbocycles. The highest BCUT2D eigenvalue weighted by Crippen LogP contribution is 2.57. The van der Waals surface area contributed by atoms with Gasteiger partial charge >= 0.3 is 0 Å². The maximum atomic E-state index is 2.59. The average molecular weight is 265 g/mol. The van der Waals surface area contributed by atoms with Crippen molar-refractivity contribution >= 4 is 5.69 Å². The molecule has 3 atom stereocenters. The summed E-state index contributed by atoms with van der Waals surface area (Å²) < 4.78 is 2.29. The van der Waals surface area contributed by atoms with Crippen LogP contribution < -0.4 is 9.47 Å². The van der Waals surface area contributed by atoms with Crippen LogP contribution in [0.1, 0.15) is 31.0 Å². The third-order valence-electron chi connectivity index (χ3n) is 5.40. The lowest BCUT2D eigenvalue weighted by Gasteiger charge is -2.35. The van der Waals surface area contributed by atoms with E-state index >= 15 is 0 Å². The van der Waals surface area contributed by atoms with E-state index in [0.29, 0.717) is 12.0 Å². The smallest absolute Gasteiger partial charge is 0.187 e. The van der Waals surface area contributed by atoms with E-state index < -0.39 is 0 Å². The van der Waals surface area contributed by atoms with Crippen LogP contribution in [0, 0.1) is 0 Å². The fraction of sp³-hybridized carbons (Fsp3) is 0.389. The SMILES string of the molecule is CC1C(c2cccc[n+]2C)C2(C)CN1c1ccccc12. The van der Waals surface area contributed by atoms with Gasteiger partial charge in [-0.3, -0.25) is 0 Å². The molecule has 0 N–H and O–H groups in total. The van der Waals surface area contributed by atoms with Crippen LogP contribution in [0.25, 0.3) is 0 Å². The summed E-state index contributed by atoms with van der Waals surface area (Å²) in [5, 5.41) is 0. The molecule has 0 spiro atoms. The highest BCUT2D eigenvalue weighted by Gasteiger charge is 2.58. The first-order valence-electron chi connectivity index (χ1n) is 7.43. The highest BCUT2D eigenvalue weighted by molar-refractivity contribution is 5.68. The van der Waals surface area contributed by atoms with Crippen molar-refractivity contribution in [2.45, 2.75) is 31.2 Å². The van der Waals surface area contributed by atoms with Gasteiger partial charge in [0, 0.05) is 35.8 Å². The molecule has 102 valence electrons. The van der Waals surface area contributed by atoms with Crippen molar-refractivity contribution in [1.82, 2.24) is 0 Å². The second-order valence-corrected chi connectivity index (χ2v) is 6.52. The zero-order chi connectivity index (χ0) is 13.9. The lowest BCUT2D eigenvalue weighted by molar-refractivity contribution is -0.681. The molecular formula is C18H21N2+. The summed E-state index contributed by atoms with van der Waals surface area (Å²) in [4.78, 5) is 2.59. The zero-order valence-electron chi connectivity index (χ0n) is 12.4. The molecular weight excluding hydrogens is 244 g/mol. The van der Waals surface area contributed by atoms with Gasteiger partial charge in [0.2, 0.25) is 0 Å². The maximum Gasteiger partial charge on any atom is 0.187 e. The van der Waals surface area contributed by atoms with Gasteiger partial charge in [-0.25, -0.2) is 4.57 Å². The van der Waals surface area contributed by atoms with E-state index in [1.807, 2.05) is 0 Å². The van der Waals surface area contributed by atoms with Crippen molar-refractivity contribution < 1.29 is 4.57 Å². The highest BCUT2D eigenvalue weighted by atomic mass is 15.2. The van der Waals surface area contributed by atoms with Crippen LogP contribution in [0.2, 0.25) is 0 Å². The Labute approximate surface area is 120 Å². The van der Waals surface area contributed by atoms with E-state index in [4.69, 9.17) is 0 Å². The molecule has 0 radical (unpaired) electrons. The van der Waals surface area contributed by atoms with E-state index in [-0.39, 0.29) is 5.41 Å². The standard InChI is InChI=1S/C18H21N2/c1-13-17(16-10-6-7-11-19(16)3)18(2)12-20(13)15-9-5-4-8-14(15)18/h4-11,13,17H,12H2,1-3H3/q+1. The van der Waals surface area contributed by atoms with Gasteiger partial charge in [-0.2, -0.15) is 0 Å². The molecule has 4 rings (SSSR count). The minimum absolute atomic E-state index is 0.231. The molecule has 2 aliphatic rings. The van der Waals surface area contributed by atoms with Crippen LogP contribution in [-0.2, 0) is 12.5 Å². The second kappa shape index (κ2) is 3.85. The van der Waals surface area contributed by atoms with E-state index in [1.165, 1.54) is 16.9 Å². The Balaban J connectivity index is 1.91. The topological polar surface area (TPSA) is 7.12 Å². The number of benzene rings is 1. The average Bonchev–Trinajstić information content (AvgIpc) is 2.89. The predicted molar refractivity (Wildman–Crippen MR) is 81.0 cm³/mol. The largest absolute Gasteiger partial charge is 0.367 e. The van der Waals surface area contributed by atoms with Gasteiger partial charge in [0.1, 0.15) is 7.05 Å². The summed E-state index contributed by atoms with van der Waals surface area (Å²) in [6, 6.07) is 16.1. The molecule has 20 heavy (non-hydrogen) atoms. The first kappa shape index (κ1) is 12.0. The number of fused-ring (bicyclic) bond motifs is 5.